The second kappa shape index (κ2) is 4.59. The number of carboxylic acid groups (broad SMARTS) is 1. The van der Waals surface area contributed by atoms with Crippen LogP contribution in [0.25, 0.3) is 11.1 Å². The Morgan fingerprint density at radius 3 is 2.60 bits per heavy atom. The standard InChI is InChI=1S/C13H15N3O4/c1-14-10-3-2-9(8-11(10)20-13(14)19)15-4-6-16(7-5-15)12(17)18/h2-3,8H,4-7H2,1H3,(H,17,18). The number of anilines is 1. The number of benzene rings is 1. The van der Waals surface area contributed by atoms with E-state index in [1.165, 1.54) is 9.47 Å². The second-order valence-electron chi connectivity index (χ2n) is 4.84. The average molecular weight is 277 g/mol. The summed E-state index contributed by atoms with van der Waals surface area (Å²) < 4.78 is 6.63. The maximum absolute atomic E-state index is 11.5. The van der Waals surface area contributed by atoms with Crippen LogP contribution in [0.15, 0.2) is 27.4 Å². The Hall–Kier alpha value is -2.44. The molecule has 3 rings (SSSR count). The molecule has 0 aliphatic carbocycles. The van der Waals surface area contributed by atoms with Crippen LogP contribution in [0, 0.1) is 0 Å². The van der Waals surface area contributed by atoms with Crippen molar-refractivity contribution in [1.82, 2.24) is 9.47 Å². The quantitative estimate of drug-likeness (QED) is 0.839. The van der Waals surface area contributed by atoms with Crippen LogP contribution in [0.2, 0.25) is 0 Å². The normalized spacial score (nSPS) is 15.8. The average Bonchev–Trinajstić information content (AvgIpc) is 2.74. The molecule has 0 unspecified atom stereocenters. The predicted octanol–water partition coefficient (Wildman–Crippen LogP) is 0.931. The first-order valence-corrected chi connectivity index (χ1v) is 6.38. The lowest BCUT2D eigenvalue weighted by atomic mass is 10.2. The van der Waals surface area contributed by atoms with E-state index in [9.17, 15) is 9.59 Å². The lowest BCUT2D eigenvalue weighted by Crippen LogP contribution is -2.48. The van der Waals surface area contributed by atoms with Crippen LogP contribution in [-0.2, 0) is 7.05 Å². The Balaban J connectivity index is 1.85. The number of nitrogens with zero attached hydrogens (tertiary/aromatic N) is 3. The molecular formula is C13H15N3O4. The molecule has 1 aromatic heterocycles. The van der Waals surface area contributed by atoms with Crippen molar-refractivity contribution in [3.63, 3.8) is 0 Å². The molecular weight excluding hydrogens is 262 g/mol. The molecule has 1 amide bonds. The third-order valence-electron chi connectivity index (χ3n) is 3.69. The van der Waals surface area contributed by atoms with Gasteiger partial charge in [-0.1, -0.05) is 0 Å². The number of rotatable bonds is 1. The third kappa shape index (κ3) is 2.01. The van der Waals surface area contributed by atoms with Gasteiger partial charge in [-0.3, -0.25) is 4.57 Å². The maximum Gasteiger partial charge on any atom is 0.419 e. The van der Waals surface area contributed by atoms with E-state index >= 15 is 0 Å². The van der Waals surface area contributed by atoms with Gasteiger partial charge in [-0.2, -0.15) is 0 Å². The van der Waals surface area contributed by atoms with Crippen LogP contribution in [0.3, 0.4) is 0 Å². The largest absolute Gasteiger partial charge is 0.465 e. The summed E-state index contributed by atoms with van der Waals surface area (Å²) in [6, 6.07) is 5.60. The molecule has 0 radical (unpaired) electrons. The molecule has 1 saturated heterocycles. The van der Waals surface area contributed by atoms with Gasteiger partial charge >= 0.3 is 11.8 Å². The van der Waals surface area contributed by atoms with Gasteiger partial charge in [-0.15, -0.1) is 0 Å². The topological polar surface area (TPSA) is 78.9 Å². The molecule has 1 fully saturated rings. The van der Waals surface area contributed by atoms with Gasteiger partial charge in [0, 0.05) is 45.0 Å². The van der Waals surface area contributed by atoms with E-state index in [1.54, 1.807) is 7.05 Å². The molecule has 0 atom stereocenters. The van der Waals surface area contributed by atoms with Crippen LogP contribution < -0.4 is 10.7 Å². The van der Waals surface area contributed by atoms with Gasteiger partial charge in [-0.25, -0.2) is 9.59 Å². The lowest BCUT2D eigenvalue weighted by molar-refractivity contribution is 0.142. The van der Waals surface area contributed by atoms with E-state index in [1.807, 2.05) is 18.2 Å². The third-order valence-corrected chi connectivity index (χ3v) is 3.69. The molecule has 7 heteroatoms. The highest BCUT2D eigenvalue weighted by Crippen LogP contribution is 2.22. The van der Waals surface area contributed by atoms with Crippen molar-refractivity contribution < 1.29 is 14.3 Å². The fourth-order valence-electron chi connectivity index (χ4n) is 2.48. The molecule has 0 bridgehead atoms. The highest BCUT2D eigenvalue weighted by molar-refractivity contribution is 5.78. The van der Waals surface area contributed by atoms with Gasteiger partial charge in [0.25, 0.3) is 0 Å². The molecule has 2 aromatic rings. The van der Waals surface area contributed by atoms with Crippen LogP contribution in [0.4, 0.5) is 10.5 Å². The highest BCUT2D eigenvalue weighted by Gasteiger charge is 2.21. The number of aromatic nitrogens is 1. The minimum absolute atomic E-state index is 0.382. The molecule has 0 saturated carbocycles. The zero-order valence-corrected chi connectivity index (χ0v) is 11.1. The number of amides is 1. The van der Waals surface area contributed by atoms with Gasteiger partial charge in [0.1, 0.15) is 0 Å². The smallest absolute Gasteiger partial charge is 0.419 e. The minimum atomic E-state index is -0.880. The fraction of sp³-hybridized carbons (Fsp3) is 0.385. The zero-order chi connectivity index (χ0) is 14.3. The van der Waals surface area contributed by atoms with E-state index in [0.717, 1.165) is 11.2 Å². The van der Waals surface area contributed by atoms with Crippen molar-refractivity contribution >= 4 is 22.9 Å². The van der Waals surface area contributed by atoms with Crippen molar-refractivity contribution in [3.05, 3.63) is 28.7 Å². The van der Waals surface area contributed by atoms with E-state index in [-0.39, 0.29) is 5.76 Å². The van der Waals surface area contributed by atoms with Gasteiger partial charge in [0.2, 0.25) is 0 Å². The van der Waals surface area contributed by atoms with E-state index < -0.39 is 6.09 Å². The number of fused-ring (bicyclic) bond motifs is 1. The highest BCUT2D eigenvalue weighted by atomic mass is 16.4. The first kappa shape index (κ1) is 12.6. The van der Waals surface area contributed by atoms with Crippen molar-refractivity contribution in [2.24, 2.45) is 7.05 Å². The van der Waals surface area contributed by atoms with E-state index in [2.05, 4.69) is 4.90 Å². The number of aryl methyl sites for hydroxylation is 1. The summed E-state index contributed by atoms with van der Waals surface area (Å²) in [6.07, 6.45) is -0.880. The minimum Gasteiger partial charge on any atom is -0.465 e. The van der Waals surface area contributed by atoms with Crippen LogP contribution in [-0.4, -0.2) is 46.8 Å². The molecule has 7 nitrogen and oxygen atoms in total. The molecule has 0 spiro atoms. The fourth-order valence-corrected chi connectivity index (χ4v) is 2.48. The first-order chi connectivity index (χ1) is 9.56. The van der Waals surface area contributed by atoms with Crippen LogP contribution >= 0.6 is 0 Å². The Morgan fingerprint density at radius 1 is 1.25 bits per heavy atom. The van der Waals surface area contributed by atoms with Crippen molar-refractivity contribution in [3.8, 4) is 0 Å². The first-order valence-electron chi connectivity index (χ1n) is 6.38. The molecule has 20 heavy (non-hydrogen) atoms. The Labute approximate surface area is 114 Å². The summed E-state index contributed by atoms with van der Waals surface area (Å²) in [7, 11) is 1.67. The van der Waals surface area contributed by atoms with E-state index in [0.29, 0.717) is 31.8 Å². The summed E-state index contributed by atoms with van der Waals surface area (Å²) >= 11 is 0. The van der Waals surface area contributed by atoms with Gasteiger partial charge in [0.15, 0.2) is 5.58 Å². The Bertz CT molecular complexity index is 710. The summed E-state index contributed by atoms with van der Waals surface area (Å²) in [5.74, 6) is -0.382. The van der Waals surface area contributed by atoms with Gasteiger partial charge in [0.05, 0.1) is 5.52 Å². The second-order valence-corrected chi connectivity index (χ2v) is 4.84. The Kier molecular flexibility index (Phi) is 2.89. The number of carbonyl (C=O) groups is 1. The van der Waals surface area contributed by atoms with Crippen LogP contribution in [0.1, 0.15) is 0 Å². The van der Waals surface area contributed by atoms with Crippen molar-refractivity contribution in [2.75, 3.05) is 31.1 Å². The molecule has 1 aliphatic rings. The van der Waals surface area contributed by atoms with E-state index in [4.69, 9.17) is 9.52 Å². The van der Waals surface area contributed by atoms with Crippen LogP contribution in [0.5, 0.6) is 0 Å². The molecule has 1 aliphatic heterocycles. The number of oxazole rings is 1. The zero-order valence-electron chi connectivity index (χ0n) is 11.1. The molecule has 1 N–H and O–H groups in total. The van der Waals surface area contributed by atoms with Crippen molar-refractivity contribution in [2.45, 2.75) is 0 Å². The number of piperazine rings is 1. The van der Waals surface area contributed by atoms with Gasteiger partial charge in [-0.05, 0) is 12.1 Å². The Morgan fingerprint density at radius 2 is 1.95 bits per heavy atom. The monoisotopic (exact) mass is 277 g/mol. The summed E-state index contributed by atoms with van der Waals surface area (Å²) in [6.45, 7) is 2.22. The van der Waals surface area contributed by atoms with Gasteiger partial charge < -0.3 is 19.3 Å². The number of hydrogen-bond donors (Lipinski definition) is 1. The number of hydrogen-bond acceptors (Lipinski definition) is 4. The summed E-state index contributed by atoms with van der Waals surface area (Å²) in [4.78, 5) is 25.8. The van der Waals surface area contributed by atoms with Crippen molar-refractivity contribution in [1.29, 1.82) is 0 Å². The molecule has 1 aromatic carbocycles. The SMILES string of the molecule is Cn1c(=O)oc2cc(N3CCN(C(=O)O)CC3)ccc21. The molecule has 106 valence electrons. The predicted molar refractivity (Wildman–Crippen MR) is 73.3 cm³/mol. The lowest BCUT2D eigenvalue weighted by Gasteiger charge is -2.34. The molecule has 2 heterocycles. The summed E-state index contributed by atoms with van der Waals surface area (Å²) in [5.41, 5.74) is 2.25. The maximum atomic E-state index is 11.5. The summed E-state index contributed by atoms with van der Waals surface area (Å²) in [5, 5.41) is 8.92.